The van der Waals surface area contributed by atoms with Crippen molar-refractivity contribution in [3.05, 3.63) is 11.0 Å². The number of thioether (sulfide) groups is 1. The Bertz CT molecular complexity index is 463. The van der Waals surface area contributed by atoms with Gasteiger partial charge in [0.1, 0.15) is 5.78 Å². The van der Waals surface area contributed by atoms with Crippen molar-refractivity contribution in [1.29, 1.82) is 0 Å². The highest BCUT2D eigenvalue weighted by Gasteiger charge is 2.63. The lowest BCUT2D eigenvalue weighted by Crippen LogP contribution is -2.38. The fourth-order valence-electron chi connectivity index (χ4n) is 4.18. The van der Waals surface area contributed by atoms with E-state index in [1.165, 1.54) is 6.42 Å². The largest absolute Gasteiger partial charge is 0.299 e. The Morgan fingerprint density at radius 1 is 1.37 bits per heavy atom. The zero-order valence-corrected chi connectivity index (χ0v) is 12.6. The normalized spacial score (nSPS) is 36.7. The molecule has 2 bridgehead atoms. The van der Waals surface area contributed by atoms with Crippen molar-refractivity contribution in [2.24, 2.45) is 16.7 Å². The van der Waals surface area contributed by atoms with Crippen LogP contribution < -0.4 is 0 Å². The summed E-state index contributed by atoms with van der Waals surface area (Å²) in [5.41, 5.74) is -0.0454. The van der Waals surface area contributed by atoms with E-state index in [4.69, 9.17) is 0 Å². The molecule has 2 fully saturated rings. The van der Waals surface area contributed by atoms with Gasteiger partial charge in [-0.15, -0.1) is 11.8 Å². The van der Waals surface area contributed by atoms with Crippen LogP contribution in [0.15, 0.2) is 11.0 Å². The zero-order valence-electron chi connectivity index (χ0n) is 11.8. The number of Topliss-reactive ketones (excluding diaryl/α,β-unsaturated/α-hetero) is 2. The molecule has 19 heavy (non-hydrogen) atoms. The number of allylic oxidation sites excluding steroid dienone is 2. The van der Waals surface area contributed by atoms with Crippen LogP contribution in [-0.4, -0.2) is 17.3 Å². The van der Waals surface area contributed by atoms with Crippen molar-refractivity contribution in [1.82, 2.24) is 0 Å². The summed E-state index contributed by atoms with van der Waals surface area (Å²) < 4.78 is 0. The van der Waals surface area contributed by atoms with E-state index in [1.807, 2.05) is 0 Å². The van der Waals surface area contributed by atoms with Crippen molar-refractivity contribution in [3.8, 4) is 0 Å². The highest BCUT2D eigenvalue weighted by atomic mass is 32.2. The van der Waals surface area contributed by atoms with Gasteiger partial charge in [-0.05, 0) is 37.0 Å². The Hall–Kier alpha value is -0.570. The molecule has 0 N–H and O–H groups in total. The van der Waals surface area contributed by atoms with E-state index in [0.29, 0.717) is 18.1 Å². The SMILES string of the molecule is CC1(C)[C@H]2CC[C@@]1(CSC1=CCCCC1=O)C(=O)C2. The molecule has 3 aliphatic rings. The molecule has 0 amide bonds. The molecule has 3 heteroatoms. The lowest BCUT2D eigenvalue weighted by atomic mass is 9.70. The number of hydrogen-bond donors (Lipinski definition) is 0. The molecule has 2 nitrogen and oxygen atoms in total. The molecule has 0 aliphatic heterocycles. The van der Waals surface area contributed by atoms with Crippen molar-refractivity contribution >= 4 is 23.3 Å². The van der Waals surface area contributed by atoms with Crippen LogP contribution in [0.4, 0.5) is 0 Å². The third-order valence-corrected chi connectivity index (χ3v) is 7.17. The molecule has 2 atom stereocenters. The van der Waals surface area contributed by atoms with Gasteiger partial charge in [0.25, 0.3) is 0 Å². The predicted molar refractivity (Wildman–Crippen MR) is 78.0 cm³/mol. The van der Waals surface area contributed by atoms with E-state index in [1.54, 1.807) is 11.8 Å². The second-order valence-electron chi connectivity index (χ2n) is 6.84. The molecule has 0 heterocycles. The summed E-state index contributed by atoms with van der Waals surface area (Å²) in [5, 5.41) is 0. The van der Waals surface area contributed by atoms with E-state index < -0.39 is 0 Å². The molecule has 0 unspecified atom stereocenters. The molecule has 0 aromatic heterocycles. The minimum atomic E-state index is -0.166. The van der Waals surface area contributed by atoms with E-state index in [0.717, 1.165) is 36.3 Å². The summed E-state index contributed by atoms with van der Waals surface area (Å²) in [4.78, 5) is 25.2. The maximum Gasteiger partial charge on any atom is 0.168 e. The van der Waals surface area contributed by atoms with Gasteiger partial charge < -0.3 is 0 Å². The van der Waals surface area contributed by atoms with E-state index in [9.17, 15) is 9.59 Å². The van der Waals surface area contributed by atoms with Gasteiger partial charge in [-0.25, -0.2) is 0 Å². The van der Waals surface area contributed by atoms with Crippen LogP contribution in [-0.2, 0) is 9.59 Å². The van der Waals surface area contributed by atoms with Gasteiger partial charge in [0, 0.05) is 28.9 Å². The summed E-state index contributed by atoms with van der Waals surface area (Å²) in [6, 6.07) is 0. The first kappa shape index (κ1) is 13.4. The van der Waals surface area contributed by atoms with Crippen molar-refractivity contribution in [3.63, 3.8) is 0 Å². The van der Waals surface area contributed by atoms with Crippen molar-refractivity contribution in [2.45, 2.75) is 52.4 Å². The van der Waals surface area contributed by atoms with Crippen LogP contribution in [0, 0.1) is 16.7 Å². The Morgan fingerprint density at radius 2 is 2.16 bits per heavy atom. The van der Waals surface area contributed by atoms with Crippen LogP contribution in [0.3, 0.4) is 0 Å². The average molecular weight is 278 g/mol. The molecule has 0 saturated heterocycles. The number of ketones is 2. The van der Waals surface area contributed by atoms with Gasteiger partial charge in [-0.1, -0.05) is 19.9 Å². The second kappa shape index (κ2) is 4.47. The van der Waals surface area contributed by atoms with Crippen LogP contribution in [0.1, 0.15) is 52.4 Å². The summed E-state index contributed by atoms with van der Waals surface area (Å²) in [6.07, 6.45) is 7.74. The standard InChI is InChI=1S/C16H22O2S/c1-15(2)11-7-8-16(15,14(18)9-11)10-19-13-6-4-3-5-12(13)17/h6,11H,3-5,7-10H2,1-2H3/t11-,16+/m0/s1. The number of rotatable bonds is 3. The summed E-state index contributed by atoms with van der Waals surface area (Å²) in [7, 11) is 0. The van der Waals surface area contributed by atoms with E-state index in [-0.39, 0.29) is 16.6 Å². The molecule has 0 radical (unpaired) electrons. The van der Waals surface area contributed by atoms with Gasteiger partial charge in [0.05, 0.1) is 0 Å². The minimum Gasteiger partial charge on any atom is -0.299 e. The van der Waals surface area contributed by atoms with Gasteiger partial charge in [-0.2, -0.15) is 0 Å². The van der Waals surface area contributed by atoms with E-state index in [2.05, 4.69) is 19.9 Å². The number of fused-ring (bicyclic) bond motifs is 2. The first-order chi connectivity index (χ1) is 8.97. The minimum absolute atomic E-state index is 0.120. The highest BCUT2D eigenvalue weighted by molar-refractivity contribution is 8.04. The fourth-order valence-corrected chi connectivity index (χ4v) is 5.76. The van der Waals surface area contributed by atoms with Crippen LogP contribution in [0.5, 0.6) is 0 Å². The maximum absolute atomic E-state index is 12.4. The average Bonchev–Trinajstić information content (AvgIpc) is 2.72. The number of carbonyl (C=O) groups is 2. The molecule has 0 aromatic carbocycles. The summed E-state index contributed by atoms with van der Waals surface area (Å²) >= 11 is 1.65. The molecule has 2 saturated carbocycles. The summed E-state index contributed by atoms with van der Waals surface area (Å²) in [6.45, 7) is 4.51. The molecule has 3 aliphatic carbocycles. The monoisotopic (exact) mass is 278 g/mol. The van der Waals surface area contributed by atoms with Crippen molar-refractivity contribution < 1.29 is 9.59 Å². The summed E-state index contributed by atoms with van der Waals surface area (Å²) in [5.74, 6) is 2.11. The molecule has 104 valence electrons. The van der Waals surface area contributed by atoms with Crippen LogP contribution >= 0.6 is 11.8 Å². The van der Waals surface area contributed by atoms with Crippen molar-refractivity contribution in [2.75, 3.05) is 5.75 Å². The first-order valence-corrected chi connectivity index (χ1v) is 8.35. The Labute approximate surface area is 119 Å². The third kappa shape index (κ3) is 1.84. The van der Waals surface area contributed by atoms with Gasteiger partial charge in [-0.3, -0.25) is 9.59 Å². The molecular weight excluding hydrogens is 256 g/mol. The van der Waals surface area contributed by atoms with Gasteiger partial charge in [0.2, 0.25) is 0 Å². The molecular formula is C16H22O2S. The Kier molecular flexibility index (Phi) is 3.16. The number of hydrogen-bond acceptors (Lipinski definition) is 3. The predicted octanol–water partition coefficient (Wildman–Crippen LogP) is 3.75. The van der Waals surface area contributed by atoms with E-state index >= 15 is 0 Å². The molecule has 0 aromatic rings. The molecule has 3 rings (SSSR count). The topological polar surface area (TPSA) is 34.1 Å². The van der Waals surface area contributed by atoms with Gasteiger partial charge in [0.15, 0.2) is 5.78 Å². The van der Waals surface area contributed by atoms with Gasteiger partial charge >= 0.3 is 0 Å². The lowest BCUT2D eigenvalue weighted by Gasteiger charge is -2.36. The maximum atomic E-state index is 12.4. The van der Waals surface area contributed by atoms with Crippen LogP contribution in [0.2, 0.25) is 0 Å². The van der Waals surface area contributed by atoms with Crippen LogP contribution in [0.25, 0.3) is 0 Å². The Balaban J connectivity index is 1.77. The smallest absolute Gasteiger partial charge is 0.168 e. The highest BCUT2D eigenvalue weighted by Crippen LogP contribution is 2.65. The third-order valence-electron chi connectivity index (χ3n) is 5.83. The fraction of sp³-hybridized carbons (Fsp3) is 0.750. The number of carbonyl (C=O) groups excluding carboxylic acids is 2. The second-order valence-corrected chi connectivity index (χ2v) is 7.86. The molecule has 0 spiro atoms. The zero-order chi connectivity index (χ0) is 13.7. The Morgan fingerprint density at radius 3 is 2.74 bits per heavy atom. The first-order valence-electron chi connectivity index (χ1n) is 7.37. The lowest BCUT2D eigenvalue weighted by molar-refractivity contribution is -0.128. The quantitative estimate of drug-likeness (QED) is 0.788.